The van der Waals surface area contributed by atoms with E-state index in [9.17, 15) is 61.0 Å². The van der Waals surface area contributed by atoms with Crippen LogP contribution in [-0.2, 0) is 33.2 Å². The molecule has 0 bridgehead atoms. The molecular formula is C64H115NO18. The normalized spacial score (nSPS) is 29.7. The molecule has 0 radical (unpaired) electrons. The fourth-order valence-corrected chi connectivity index (χ4v) is 10.9. The van der Waals surface area contributed by atoms with Gasteiger partial charge >= 0.3 is 0 Å². The zero-order valence-corrected chi connectivity index (χ0v) is 50.7. The number of aliphatic hydroxyl groups is 11. The fraction of sp³-hybridized carbons (Fsp3) is 0.859. The molecule has 3 aliphatic heterocycles. The summed E-state index contributed by atoms with van der Waals surface area (Å²) in [5.74, 6) is -0.266. The van der Waals surface area contributed by atoms with Crippen LogP contribution >= 0.6 is 0 Å². The largest absolute Gasteiger partial charge is 0.394 e. The maximum Gasteiger partial charge on any atom is 0.220 e. The Balaban J connectivity index is 1.47. The Bertz CT molecular complexity index is 1700. The summed E-state index contributed by atoms with van der Waals surface area (Å²) in [5, 5.41) is 120. The topological polar surface area (TPSA) is 307 Å². The second-order valence-corrected chi connectivity index (χ2v) is 23.2. The van der Waals surface area contributed by atoms with Gasteiger partial charge < -0.3 is 89.9 Å². The summed E-state index contributed by atoms with van der Waals surface area (Å²) < 4.78 is 34.3. The van der Waals surface area contributed by atoms with E-state index in [-0.39, 0.29) is 18.9 Å². The average Bonchev–Trinajstić information content (AvgIpc) is 3.35. The van der Waals surface area contributed by atoms with Gasteiger partial charge in [0.15, 0.2) is 18.9 Å². The Hall–Kier alpha value is -2.25. The van der Waals surface area contributed by atoms with Crippen molar-refractivity contribution < 1.29 is 89.4 Å². The van der Waals surface area contributed by atoms with Gasteiger partial charge in [-0.25, -0.2) is 0 Å². The molecule has 3 aliphatic rings. The number of carbonyl (C=O) groups is 1. The number of rotatable bonds is 48. The number of amides is 1. The molecule has 17 unspecified atom stereocenters. The van der Waals surface area contributed by atoms with E-state index in [1.165, 1.54) is 109 Å². The van der Waals surface area contributed by atoms with Crippen LogP contribution in [0.1, 0.15) is 219 Å². The van der Waals surface area contributed by atoms with Crippen molar-refractivity contribution in [3.05, 3.63) is 48.6 Å². The lowest BCUT2D eigenvalue weighted by atomic mass is 9.96. The zero-order chi connectivity index (χ0) is 60.5. The molecule has 1 amide bonds. The molecule has 19 heteroatoms. The van der Waals surface area contributed by atoms with Gasteiger partial charge in [-0.3, -0.25) is 4.79 Å². The molecule has 0 aromatic heterocycles. The van der Waals surface area contributed by atoms with E-state index >= 15 is 0 Å². The number of carbonyl (C=O) groups excluding carboxylic acids is 1. The molecular weight excluding hydrogens is 1070 g/mol. The SMILES string of the molecule is CC/C=C\C/C=C\C/C=C\C/C=C\CCCCCCC(=O)NC(COC1OC(CO)C(OC2OC(CO)C(OC3OC(CO)C(O)C(O)C3O)C(O)C2O)C(O)C1O)C(O)CCCCCCCCCCCCCCCCCCCCCCC. The van der Waals surface area contributed by atoms with Gasteiger partial charge in [0.2, 0.25) is 5.91 Å². The molecule has 0 spiro atoms. The van der Waals surface area contributed by atoms with E-state index in [0.29, 0.717) is 12.8 Å². The number of unbranched alkanes of at least 4 members (excludes halogenated alkanes) is 24. The number of aliphatic hydroxyl groups excluding tert-OH is 11. The Morgan fingerprint density at radius 2 is 0.831 bits per heavy atom. The lowest BCUT2D eigenvalue weighted by molar-refractivity contribution is -0.379. The summed E-state index contributed by atoms with van der Waals surface area (Å²) in [4.78, 5) is 13.4. The quantitative estimate of drug-likeness (QED) is 0.0215. The fourth-order valence-electron chi connectivity index (χ4n) is 10.9. The average molecular weight is 1190 g/mol. The van der Waals surface area contributed by atoms with Crippen molar-refractivity contribution in [2.24, 2.45) is 0 Å². The summed E-state index contributed by atoms with van der Waals surface area (Å²) in [5.41, 5.74) is 0. The van der Waals surface area contributed by atoms with E-state index in [2.05, 4.69) is 67.8 Å². The van der Waals surface area contributed by atoms with Crippen molar-refractivity contribution in [2.45, 2.75) is 324 Å². The number of nitrogens with one attached hydrogen (secondary N) is 1. The Morgan fingerprint density at radius 1 is 0.446 bits per heavy atom. The zero-order valence-electron chi connectivity index (χ0n) is 50.7. The second-order valence-electron chi connectivity index (χ2n) is 23.2. The van der Waals surface area contributed by atoms with Crippen LogP contribution in [0, 0.1) is 0 Å². The van der Waals surface area contributed by atoms with Gasteiger partial charge in [0.05, 0.1) is 38.6 Å². The van der Waals surface area contributed by atoms with Gasteiger partial charge in [-0.2, -0.15) is 0 Å². The van der Waals surface area contributed by atoms with Crippen LogP contribution in [0.3, 0.4) is 0 Å². The van der Waals surface area contributed by atoms with Gasteiger partial charge in [-0.05, 0) is 51.4 Å². The molecule has 3 heterocycles. The summed E-state index contributed by atoms with van der Waals surface area (Å²) in [6, 6.07) is -0.902. The number of hydrogen-bond donors (Lipinski definition) is 12. The Labute approximate surface area is 497 Å². The van der Waals surface area contributed by atoms with E-state index in [1.807, 2.05) is 0 Å². The van der Waals surface area contributed by atoms with E-state index in [0.717, 1.165) is 77.0 Å². The Kier molecular flexibility index (Phi) is 42.3. The van der Waals surface area contributed by atoms with Crippen molar-refractivity contribution in [2.75, 3.05) is 26.4 Å². The lowest BCUT2D eigenvalue weighted by Gasteiger charge is -2.48. The van der Waals surface area contributed by atoms with Crippen molar-refractivity contribution in [3.8, 4) is 0 Å². The molecule has 83 heavy (non-hydrogen) atoms. The van der Waals surface area contributed by atoms with Crippen LogP contribution < -0.4 is 5.32 Å². The number of allylic oxidation sites excluding steroid dienone is 8. The number of hydrogen-bond acceptors (Lipinski definition) is 18. The highest BCUT2D eigenvalue weighted by Crippen LogP contribution is 2.33. The van der Waals surface area contributed by atoms with E-state index in [1.54, 1.807) is 0 Å². The standard InChI is InChI=1S/C64H115NO18/c1-3-5-7-9-11-13-15-17-19-21-22-23-24-26-27-29-31-33-35-37-39-41-48(69)47(65-52(70)42-40-38-36-34-32-30-28-25-20-18-16-14-12-10-8-6-4-2)46-78-62-58(76)55(73)60(50(44-67)80-62)83-64-59(77)56(74)61(51(45-68)81-64)82-63-57(75)54(72)53(71)49(43-66)79-63/h6,8,12,14,18,20,28,30,47-51,53-64,66-69,71-77H,3-5,7,9-11,13,15-17,19,21-27,29,31-46H2,1-2H3,(H,65,70)/b8-6-,14-12-,20-18-,30-28-. The number of ether oxygens (including phenoxy) is 6. The minimum absolute atomic E-state index is 0.237. The molecule has 0 aromatic carbocycles. The Morgan fingerprint density at radius 3 is 1.30 bits per heavy atom. The molecule has 0 aromatic rings. The highest BCUT2D eigenvalue weighted by molar-refractivity contribution is 5.76. The first-order valence-electron chi connectivity index (χ1n) is 32.4. The minimum atomic E-state index is -1.98. The van der Waals surface area contributed by atoms with Crippen LogP contribution in [0.25, 0.3) is 0 Å². The van der Waals surface area contributed by atoms with Crippen molar-refractivity contribution in [3.63, 3.8) is 0 Å². The summed E-state index contributed by atoms with van der Waals surface area (Å²) in [7, 11) is 0. The van der Waals surface area contributed by atoms with Gasteiger partial charge in [-0.15, -0.1) is 0 Å². The third kappa shape index (κ3) is 30.0. The van der Waals surface area contributed by atoms with Gasteiger partial charge in [0.25, 0.3) is 0 Å². The monoisotopic (exact) mass is 1190 g/mol. The predicted octanol–water partition coefficient (Wildman–Crippen LogP) is 7.04. The van der Waals surface area contributed by atoms with Gasteiger partial charge in [-0.1, -0.05) is 210 Å². The molecule has 12 N–H and O–H groups in total. The summed E-state index contributed by atoms with van der Waals surface area (Å²) >= 11 is 0. The van der Waals surface area contributed by atoms with Gasteiger partial charge in [0.1, 0.15) is 73.2 Å². The van der Waals surface area contributed by atoms with Crippen LogP contribution in [0.2, 0.25) is 0 Å². The second kappa shape index (κ2) is 46.8. The first-order chi connectivity index (χ1) is 40.3. The molecule has 3 saturated heterocycles. The van der Waals surface area contributed by atoms with Crippen LogP contribution in [0.15, 0.2) is 48.6 Å². The van der Waals surface area contributed by atoms with E-state index < -0.39 is 124 Å². The first kappa shape index (κ1) is 75.0. The van der Waals surface area contributed by atoms with Crippen molar-refractivity contribution in [1.82, 2.24) is 5.32 Å². The van der Waals surface area contributed by atoms with Crippen LogP contribution in [-0.4, -0.2) is 193 Å². The maximum atomic E-state index is 13.4. The molecule has 17 atom stereocenters. The highest BCUT2D eigenvalue weighted by atomic mass is 16.8. The molecule has 0 aliphatic carbocycles. The van der Waals surface area contributed by atoms with E-state index in [4.69, 9.17) is 28.4 Å². The minimum Gasteiger partial charge on any atom is -0.394 e. The molecule has 0 saturated carbocycles. The third-order valence-electron chi connectivity index (χ3n) is 16.2. The van der Waals surface area contributed by atoms with Crippen LogP contribution in [0.5, 0.6) is 0 Å². The predicted molar refractivity (Wildman–Crippen MR) is 319 cm³/mol. The lowest BCUT2D eigenvalue weighted by Crippen LogP contribution is -2.66. The highest BCUT2D eigenvalue weighted by Gasteiger charge is 2.53. The summed E-state index contributed by atoms with van der Waals surface area (Å²) in [6.45, 7) is 1.67. The van der Waals surface area contributed by atoms with Crippen LogP contribution in [0.4, 0.5) is 0 Å². The third-order valence-corrected chi connectivity index (χ3v) is 16.2. The molecule has 19 nitrogen and oxygen atoms in total. The molecule has 3 fully saturated rings. The molecule has 3 rings (SSSR count). The van der Waals surface area contributed by atoms with Crippen molar-refractivity contribution in [1.29, 1.82) is 0 Å². The maximum absolute atomic E-state index is 13.4. The van der Waals surface area contributed by atoms with Gasteiger partial charge in [0, 0.05) is 6.42 Å². The molecule has 484 valence electrons. The smallest absolute Gasteiger partial charge is 0.220 e. The first-order valence-corrected chi connectivity index (χ1v) is 32.4. The van der Waals surface area contributed by atoms with Crippen molar-refractivity contribution >= 4 is 5.91 Å². The summed E-state index contributed by atoms with van der Waals surface area (Å²) in [6.07, 6.45) is 26.2.